The molecule has 5 nitrogen and oxygen atoms in total. The van der Waals surface area contributed by atoms with Crippen LogP contribution in [0.15, 0.2) is 15.3 Å². The zero-order chi connectivity index (χ0) is 10.5. The molecule has 2 aliphatic rings. The first-order chi connectivity index (χ1) is 6.48. The number of rotatable bonds is 0. The van der Waals surface area contributed by atoms with Gasteiger partial charge in [0.2, 0.25) is 0 Å². The van der Waals surface area contributed by atoms with Gasteiger partial charge in [-0.1, -0.05) is 0 Å². The Hall–Kier alpha value is -1.52. The minimum Gasteiger partial charge on any atom is -0.271 e. The summed E-state index contributed by atoms with van der Waals surface area (Å²) in [7, 11) is 1.65. The summed E-state index contributed by atoms with van der Waals surface area (Å²) in [5, 5.41) is 13.4. The fourth-order valence-corrected chi connectivity index (χ4v) is 1.83. The maximum Gasteiger partial charge on any atom is 0.260 e. The highest BCUT2D eigenvalue weighted by atomic mass is 16.2. The predicted molar refractivity (Wildman–Crippen MR) is 54.5 cm³/mol. The number of carbonyl (C=O) groups excluding carboxylic acids is 1. The van der Waals surface area contributed by atoms with E-state index in [-0.39, 0.29) is 5.91 Å². The minimum absolute atomic E-state index is 0.0689. The third-order valence-corrected chi connectivity index (χ3v) is 2.86. The lowest BCUT2D eigenvalue weighted by atomic mass is 9.77. The standard InChI is InChI=1S/C9H12N4O/c1-5-7-9(3,6(2)10-11-7)8(14)13(4)12-5/h1-4H3. The van der Waals surface area contributed by atoms with Crippen molar-refractivity contribution in [1.82, 2.24) is 5.01 Å². The Labute approximate surface area is 82.2 Å². The van der Waals surface area contributed by atoms with Gasteiger partial charge in [0.05, 0.1) is 11.4 Å². The SMILES string of the molecule is CC1=NN(C)C(=O)C2(C)C(C)=NN=C12. The van der Waals surface area contributed by atoms with Gasteiger partial charge in [0, 0.05) is 7.05 Å². The molecule has 2 heterocycles. The topological polar surface area (TPSA) is 57.4 Å². The lowest BCUT2D eigenvalue weighted by Gasteiger charge is -2.32. The maximum absolute atomic E-state index is 11.9. The molecule has 0 aromatic carbocycles. The largest absolute Gasteiger partial charge is 0.271 e. The van der Waals surface area contributed by atoms with E-state index in [0.29, 0.717) is 5.71 Å². The lowest BCUT2D eigenvalue weighted by Crippen LogP contribution is -2.52. The molecular weight excluding hydrogens is 180 g/mol. The normalized spacial score (nSPS) is 31.0. The van der Waals surface area contributed by atoms with Crippen molar-refractivity contribution in [2.45, 2.75) is 20.8 Å². The zero-order valence-electron chi connectivity index (χ0n) is 8.70. The molecule has 0 saturated carbocycles. The highest BCUT2D eigenvalue weighted by Gasteiger charge is 2.50. The fourth-order valence-electron chi connectivity index (χ4n) is 1.83. The maximum atomic E-state index is 11.9. The number of fused-ring (bicyclic) bond motifs is 1. The highest BCUT2D eigenvalue weighted by molar-refractivity contribution is 6.54. The first kappa shape index (κ1) is 9.05. The van der Waals surface area contributed by atoms with Crippen LogP contribution in [-0.2, 0) is 4.79 Å². The van der Waals surface area contributed by atoms with Crippen molar-refractivity contribution in [1.29, 1.82) is 0 Å². The van der Waals surface area contributed by atoms with E-state index in [1.54, 1.807) is 7.05 Å². The number of hydrazone groups is 1. The van der Waals surface area contributed by atoms with Gasteiger partial charge in [0.25, 0.3) is 5.91 Å². The molecule has 1 atom stereocenters. The average molecular weight is 192 g/mol. The second-order valence-corrected chi connectivity index (χ2v) is 3.77. The van der Waals surface area contributed by atoms with Crippen LogP contribution in [0.5, 0.6) is 0 Å². The Morgan fingerprint density at radius 3 is 2.57 bits per heavy atom. The fraction of sp³-hybridized carbons (Fsp3) is 0.556. The van der Waals surface area contributed by atoms with Gasteiger partial charge in [-0.2, -0.15) is 15.3 Å². The van der Waals surface area contributed by atoms with Crippen LogP contribution in [0.3, 0.4) is 0 Å². The van der Waals surface area contributed by atoms with Crippen LogP contribution in [0.25, 0.3) is 0 Å². The Balaban J connectivity index is 2.61. The highest BCUT2D eigenvalue weighted by Crippen LogP contribution is 2.32. The van der Waals surface area contributed by atoms with E-state index >= 15 is 0 Å². The molecule has 5 heteroatoms. The van der Waals surface area contributed by atoms with Crippen molar-refractivity contribution >= 4 is 23.0 Å². The summed E-state index contributed by atoms with van der Waals surface area (Å²) in [5.41, 5.74) is 1.48. The van der Waals surface area contributed by atoms with Crippen LogP contribution < -0.4 is 0 Å². The van der Waals surface area contributed by atoms with Crippen molar-refractivity contribution in [2.24, 2.45) is 20.7 Å². The van der Waals surface area contributed by atoms with Gasteiger partial charge in [-0.3, -0.25) is 4.79 Å². The molecule has 2 rings (SSSR count). The Morgan fingerprint density at radius 2 is 1.93 bits per heavy atom. The van der Waals surface area contributed by atoms with Gasteiger partial charge in [-0.25, -0.2) is 5.01 Å². The van der Waals surface area contributed by atoms with E-state index in [1.165, 1.54) is 5.01 Å². The molecule has 14 heavy (non-hydrogen) atoms. The van der Waals surface area contributed by atoms with Gasteiger partial charge in [-0.05, 0) is 20.8 Å². The van der Waals surface area contributed by atoms with E-state index in [2.05, 4.69) is 15.3 Å². The molecule has 1 amide bonds. The molecule has 0 saturated heterocycles. The number of carbonyl (C=O) groups is 1. The Kier molecular flexibility index (Phi) is 1.61. The van der Waals surface area contributed by atoms with E-state index in [1.807, 2.05) is 20.8 Å². The predicted octanol–water partition coefficient (Wildman–Crippen LogP) is 0.671. The lowest BCUT2D eigenvalue weighted by molar-refractivity contribution is -0.133. The van der Waals surface area contributed by atoms with Crippen LogP contribution in [0.1, 0.15) is 20.8 Å². The monoisotopic (exact) mass is 192 g/mol. The first-order valence-corrected chi connectivity index (χ1v) is 4.45. The molecule has 0 N–H and O–H groups in total. The molecule has 0 spiro atoms. The molecule has 74 valence electrons. The number of hydrogen-bond donors (Lipinski definition) is 0. The average Bonchev–Trinajstić information content (AvgIpc) is 2.42. The molecule has 0 aromatic rings. The molecule has 0 aromatic heterocycles. The summed E-state index contributed by atoms with van der Waals surface area (Å²) in [6.07, 6.45) is 0. The molecule has 0 bridgehead atoms. The second-order valence-electron chi connectivity index (χ2n) is 3.77. The quantitative estimate of drug-likeness (QED) is 0.556. The van der Waals surface area contributed by atoms with Crippen LogP contribution in [0.2, 0.25) is 0 Å². The van der Waals surface area contributed by atoms with Gasteiger partial charge in [0.15, 0.2) is 0 Å². The van der Waals surface area contributed by atoms with Gasteiger partial charge >= 0.3 is 0 Å². The third kappa shape index (κ3) is 0.840. The van der Waals surface area contributed by atoms with Crippen LogP contribution in [0.4, 0.5) is 0 Å². The summed E-state index contributed by atoms with van der Waals surface area (Å²) < 4.78 is 0. The molecule has 0 radical (unpaired) electrons. The van der Waals surface area contributed by atoms with Crippen LogP contribution >= 0.6 is 0 Å². The smallest absolute Gasteiger partial charge is 0.260 e. The summed E-state index contributed by atoms with van der Waals surface area (Å²) in [5.74, 6) is -0.0689. The van der Waals surface area contributed by atoms with Crippen LogP contribution in [-0.4, -0.2) is 35.1 Å². The molecule has 1 unspecified atom stereocenters. The molecular formula is C9H12N4O. The van der Waals surface area contributed by atoms with Crippen molar-refractivity contribution in [2.75, 3.05) is 7.05 Å². The van der Waals surface area contributed by atoms with Crippen molar-refractivity contribution in [3.8, 4) is 0 Å². The van der Waals surface area contributed by atoms with E-state index < -0.39 is 5.41 Å². The Bertz CT molecular complexity index is 407. The summed E-state index contributed by atoms with van der Waals surface area (Å²) in [4.78, 5) is 11.9. The van der Waals surface area contributed by atoms with Gasteiger partial charge < -0.3 is 0 Å². The Morgan fingerprint density at radius 1 is 1.29 bits per heavy atom. The van der Waals surface area contributed by atoms with Crippen molar-refractivity contribution in [3.05, 3.63) is 0 Å². The number of nitrogens with zero attached hydrogens (tertiary/aromatic N) is 4. The minimum atomic E-state index is -0.694. The molecule has 0 fully saturated rings. The molecule has 2 aliphatic heterocycles. The van der Waals surface area contributed by atoms with Gasteiger partial charge in [0.1, 0.15) is 11.1 Å². The molecule has 0 aliphatic carbocycles. The number of amides is 1. The summed E-state index contributed by atoms with van der Waals surface area (Å²) in [6, 6.07) is 0. The van der Waals surface area contributed by atoms with Crippen molar-refractivity contribution < 1.29 is 4.79 Å². The first-order valence-electron chi connectivity index (χ1n) is 4.45. The van der Waals surface area contributed by atoms with Crippen LogP contribution in [0, 0.1) is 5.41 Å². The third-order valence-electron chi connectivity index (χ3n) is 2.86. The second kappa shape index (κ2) is 2.50. The summed E-state index contributed by atoms with van der Waals surface area (Å²) >= 11 is 0. The van der Waals surface area contributed by atoms with E-state index in [4.69, 9.17) is 0 Å². The van der Waals surface area contributed by atoms with Gasteiger partial charge in [-0.15, -0.1) is 0 Å². The van der Waals surface area contributed by atoms with E-state index in [0.717, 1.165) is 11.4 Å². The number of hydrogen-bond acceptors (Lipinski definition) is 4. The zero-order valence-corrected chi connectivity index (χ0v) is 8.70. The van der Waals surface area contributed by atoms with Crippen molar-refractivity contribution in [3.63, 3.8) is 0 Å². The van der Waals surface area contributed by atoms with E-state index in [9.17, 15) is 4.79 Å². The summed E-state index contributed by atoms with van der Waals surface area (Å²) in [6.45, 7) is 5.50.